The Morgan fingerprint density at radius 1 is 1.20 bits per heavy atom. The molecule has 0 aliphatic carbocycles. The van der Waals surface area contributed by atoms with Crippen LogP contribution in [0.3, 0.4) is 0 Å². The summed E-state index contributed by atoms with van der Waals surface area (Å²) in [6.45, 7) is 1.92. The molecule has 0 spiro atoms. The van der Waals surface area contributed by atoms with Crippen molar-refractivity contribution in [3.63, 3.8) is 0 Å². The number of hydrogen-bond acceptors (Lipinski definition) is 2. The number of nitrogen functional groups attached to an aromatic ring is 1. The minimum absolute atomic E-state index is 0.243. The summed E-state index contributed by atoms with van der Waals surface area (Å²) in [7, 11) is 0. The van der Waals surface area contributed by atoms with Crippen molar-refractivity contribution in [1.29, 1.82) is 0 Å². The monoisotopic (exact) mass is 202 g/mol. The maximum Gasteiger partial charge on any atom is 0.131 e. The van der Waals surface area contributed by atoms with E-state index in [9.17, 15) is 4.39 Å². The van der Waals surface area contributed by atoms with E-state index in [1.54, 1.807) is 30.5 Å². The van der Waals surface area contributed by atoms with Gasteiger partial charge in [0.25, 0.3) is 0 Å². The lowest BCUT2D eigenvalue weighted by molar-refractivity contribution is 0.631. The van der Waals surface area contributed by atoms with Gasteiger partial charge in [-0.1, -0.05) is 11.6 Å². The lowest BCUT2D eigenvalue weighted by Gasteiger charge is -2.04. The number of pyridine rings is 1. The van der Waals surface area contributed by atoms with E-state index < -0.39 is 0 Å². The number of anilines is 1. The molecule has 0 fully saturated rings. The summed E-state index contributed by atoms with van der Waals surface area (Å²) in [5, 5.41) is 0. The second-order valence-electron chi connectivity index (χ2n) is 3.46. The van der Waals surface area contributed by atoms with Crippen molar-refractivity contribution < 1.29 is 4.39 Å². The van der Waals surface area contributed by atoms with Crippen LogP contribution in [0.15, 0.2) is 36.5 Å². The largest absolute Gasteiger partial charge is 0.384 e. The number of hydrogen-bond donors (Lipinski definition) is 1. The van der Waals surface area contributed by atoms with Crippen LogP contribution in [0.25, 0.3) is 11.1 Å². The molecule has 2 aromatic rings. The highest BCUT2D eigenvalue weighted by Crippen LogP contribution is 2.23. The third-order valence-corrected chi connectivity index (χ3v) is 2.22. The van der Waals surface area contributed by atoms with E-state index in [4.69, 9.17) is 5.73 Å². The SMILES string of the molecule is Cc1ccc(F)c(-c2ccc(N)nc2)c1. The number of aryl methyl sites for hydroxylation is 1. The van der Waals surface area contributed by atoms with E-state index >= 15 is 0 Å². The van der Waals surface area contributed by atoms with Gasteiger partial charge in [-0.05, 0) is 31.2 Å². The molecule has 2 nitrogen and oxygen atoms in total. The van der Waals surface area contributed by atoms with Gasteiger partial charge >= 0.3 is 0 Å². The third-order valence-electron chi connectivity index (χ3n) is 2.22. The molecule has 0 aliphatic heterocycles. The molecule has 1 aromatic carbocycles. The molecule has 0 saturated carbocycles. The molecule has 0 saturated heterocycles. The average Bonchev–Trinajstić information content (AvgIpc) is 2.23. The van der Waals surface area contributed by atoms with Crippen LogP contribution >= 0.6 is 0 Å². The summed E-state index contributed by atoms with van der Waals surface area (Å²) >= 11 is 0. The number of halogens is 1. The summed E-state index contributed by atoms with van der Waals surface area (Å²) in [5.41, 5.74) is 7.78. The number of rotatable bonds is 1. The first kappa shape index (κ1) is 9.65. The first-order valence-electron chi connectivity index (χ1n) is 4.65. The molecule has 0 aliphatic rings. The zero-order chi connectivity index (χ0) is 10.8. The topological polar surface area (TPSA) is 38.9 Å². The van der Waals surface area contributed by atoms with Gasteiger partial charge in [-0.2, -0.15) is 0 Å². The van der Waals surface area contributed by atoms with Crippen molar-refractivity contribution in [2.75, 3.05) is 5.73 Å². The molecule has 76 valence electrons. The van der Waals surface area contributed by atoms with Crippen molar-refractivity contribution in [2.45, 2.75) is 6.92 Å². The van der Waals surface area contributed by atoms with Gasteiger partial charge in [0, 0.05) is 17.3 Å². The second-order valence-corrected chi connectivity index (χ2v) is 3.46. The fourth-order valence-electron chi connectivity index (χ4n) is 1.42. The number of nitrogens with zero attached hydrogens (tertiary/aromatic N) is 1. The van der Waals surface area contributed by atoms with Crippen molar-refractivity contribution in [3.8, 4) is 11.1 Å². The first-order chi connectivity index (χ1) is 7.16. The van der Waals surface area contributed by atoms with Crippen LogP contribution in [0.2, 0.25) is 0 Å². The molecule has 1 heterocycles. The molecule has 0 bridgehead atoms. The number of benzene rings is 1. The van der Waals surface area contributed by atoms with Crippen molar-refractivity contribution in [3.05, 3.63) is 47.9 Å². The molecule has 0 unspecified atom stereocenters. The van der Waals surface area contributed by atoms with Gasteiger partial charge in [-0.15, -0.1) is 0 Å². The molecule has 1 aromatic heterocycles. The summed E-state index contributed by atoms with van der Waals surface area (Å²) in [5.74, 6) is 0.194. The van der Waals surface area contributed by atoms with Crippen LogP contribution in [0.4, 0.5) is 10.2 Å². The lowest BCUT2D eigenvalue weighted by atomic mass is 10.0. The smallest absolute Gasteiger partial charge is 0.131 e. The van der Waals surface area contributed by atoms with Gasteiger partial charge in [0.15, 0.2) is 0 Å². The Kier molecular flexibility index (Phi) is 2.37. The quantitative estimate of drug-likeness (QED) is 0.772. The Hall–Kier alpha value is -1.90. The standard InChI is InChI=1S/C12H11FN2/c1-8-2-4-11(13)10(6-8)9-3-5-12(14)15-7-9/h2-7H,1H3,(H2,14,15). The highest BCUT2D eigenvalue weighted by atomic mass is 19.1. The summed E-state index contributed by atoms with van der Waals surface area (Å²) in [6.07, 6.45) is 1.58. The fourth-order valence-corrected chi connectivity index (χ4v) is 1.42. The zero-order valence-corrected chi connectivity index (χ0v) is 8.37. The van der Waals surface area contributed by atoms with E-state index in [-0.39, 0.29) is 5.82 Å². The molecule has 2 N–H and O–H groups in total. The molecule has 15 heavy (non-hydrogen) atoms. The minimum atomic E-state index is -0.243. The number of aromatic nitrogens is 1. The second kappa shape index (κ2) is 3.69. The van der Waals surface area contributed by atoms with Crippen LogP contribution < -0.4 is 5.73 Å². The van der Waals surface area contributed by atoms with Crippen LogP contribution in [0.5, 0.6) is 0 Å². The molecule has 0 amide bonds. The minimum Gasteiger partial charge on any atom is -0.384 e. The Labute approximate surface area is 87.6 Å². The van der Waals surface area contributed by atoms with Crippen molar-refractivity contribution in [2.24, 2.45) is 0 Å². The Balaban J connectivity index is 2.53. The van der Waals surface area contributed by atoms with Crippen molar-refractivity contribution >= 4 is 5.82 Å². The summed E-state index contributed by atoms with van der Waals surface area (Å²) in [6, 6.07) is 8.42. The van der Waals surface area contributed by atoms with Crippen molar-refractivity contribution in [1.82, 2.24) is 4.98 Å². The highest BCUT2D eigenvalue weighted by molar-refractivity contribution is 5.64. The first-order valence-corrected chi connectivity index (χ1v) is 4.65. The number of nitrogens with two attached hydrogens (primary N) is 1. The van der Waals surface area contributed by atoms with E-state index in [2.05, 4.69) is 4.98 Å². The molecular weight excluding hydrogens is 191 g/mol. The molecular formula is C12H11FN2. The molecule has 0 radical (unpaired) electrons. The average molecular weight is 202 g/mol. The third kappa shape index (κ3) is 1.96. The maximum atomic E-state index is 13.5. The van der Waals surface area contributed by atoms with E-state index in [1.807, 2.05) is 6.92 Å². The zero-order valence-electron chi connectivity index (χ0n) is 8.37. The van der Waals surface area contributed by atoms with E-state index in [0.717, 1.165) is 11.1 Å². The molecule has 0 atom stereocenters. The summed E-state index contributed by atoms with van der Waals surface area (Å²) < 4.78 is 13.5. The lowest BCUT2D eigenvalue weighted by Crippen LogP contribution is -1.91. The van der Waals surface area contributed by atoms with Gasteiger partial charge in [0.1, 0.15) is 11.6 Å². The van der Waals surface area contributed by atoms with Gasteiger partial charge in [-0.25, -0.2) is 9.37 Å². The predicted octanol–water partition coefficient (Wildman–Crippen LogP) is 2.78. The van der Waals surface area contributed by atoms with Crippen LogP contribution in [-0.2, 0) is 0 Å². The maximum absolute atomic E-state index is 13.5. The van der Waals surface area contributed by atoms with E-state index in [0.29, 0.717) is 11.4 Å². The fraction of sp³-hybridized carbons (Fsp3) is 0.0833. The molecule has 3 heteroatoms. The van der Waals surface area contributed by atoms with Gasteiger partial charge in [0.05, 0.1) is 0 Å². The summed E-state index contributed by atoms with van der Waals surface area (Å²) in [4.78, 5) is 3.94. The normalized spacial score (nSPS) is 10.3. The van der Waals surface area contributed by atoms with E-state index in [1.165, 1.54) is 6.07 Å². The van der Waals surface area contributed by atoms with Crippen LogP contribution in [-0.4, -0.2) is 4.98 Å². The Bertz CT molecular complexity index is 477. The van der Waals surface area contributed by atoms with Gasteiger partial charge in [-0.3, -0.25) is 0 Å². The predicted molar refractivity (Wildman–Crippen MR) is 58.8 cm³/mol. The highest BCUT2D eigenvalue weighted by Gasteiger charge is 2.04. The molecule has 2 rings (SSSR count). The van der Waals surface area contributed by atoms with Crippen LogP contribution in [0.1, 0.15) is 5.56 Å². The van der Waals surface area contributed by atoms with Crippen LogP contribution in [0, 0.1) is 12.7 Å². The Morgan fingerprint density at radius 3 is 2.67 bits per heavy atom. The van der Waals surface area contributed by atoms with Gasteiger partial charge < -0.3 is 5.73 Å². The Morgan fingerprint density at radius 2 is 2.00 bits per heavy atom. The van der Waals surface area contributed by atoms with Gasteiger partial charge in [0.2, 0.25) is 0 Å².